The van der Waals surface area contributed by atoms with Gasteiger partial charge in [-0.3, -0.25) is 4.79 Å². The standard InChI is InChI=1S/C19H24N2O6S/c1-25-16-6-4-14(5-7-16)13-21-28(23,24)9-8-20-19(22)15-10-17(26-2)12-18(11-15)27-3/h4-7,10-12,21H,8-9,13H2,1-3H3,(H,20,22). The molecule has 8 nitrogen and oxygen atoms in total. The van der Waals surface area contributed by atoms with Gasteiger partial charge in [0, 0.05) is 24.7 Å². The molecule has 9 heteroatoms. The Labute approximate surface area is 164 Å². The number of amides is 1. The van der Waals surface area contributed by atoms with E-state index in [4.69, 9.17) is 14.2 Å². The summed E-state index contributed by atoms with van der Waals surface area (Å²) in [5, 5.41) is 2.59. The third-order valence-corrected chi connectivity index (χ3v) is 5.25. The first-order valence-electron chi connectivity index (χ1n) is 8.48. The van der Waals surface area contributed by atoms with Crippen LogP contribution >= 0.6 is 0 Å². The fourth-order valence-corrected chi connectivity index (χ4v) is 3.25. The Hall–Kier alpha value is -2.78. The molecule has 0 saturated heterocycles. The van der Waals surface area contributed by atoms with Gasteiger partial charge in [-0.25, -0.2) is 13.1 Å². The normalized spacial score (nSPS) is 11.0. The number of carbonyl (C=O) groups excluding carboxylic acids is 1. The number of hydrogen-bond donors (Lipinski definition) is 2. The average Bonchev–Trinajstić information content (AvgIpc) is 2.72. The highest BCUT2D eigenvalue weighted by molar-refractivity contribution is 7.89. The first kappa shape index (κ1) is 21.5. The molecule has 0 spiro atoms. The Bertz CT molecular complexity index is 875. The van der Waals surface area contributed by atoms with Crippen LogP contribution in [0, 0.1) is 0 Å². The molecule has 0 radical (unpaired) electrons. The van der Waals surface area contributed by atoms with E-state index in [-0.39, 0.29) is 18.8 Å². The van der Waals surface area contributed by atoms with Gasteiger partial charge < -0.3 is 19.5 Å². The van der Waals surface area contributed by atoms with Crippen LogP contribution in [0.4, 0.5) is 0 Å². The molecular weight excluding hydrogens is 384 g/mol. The zero-order valence-corrected chi connectivity index (χ0v) is 16.8. The lowest BCUT2D eigenvalue weighted by Crippen LogP contribution is -2.34. The number of sulfonamides is 1. The highest BCUT2D eigenvalue weighted by atomic mass is 32.2. The highest BCUT2D eigenvalue weighted by Gasteiger charge is 2.13. The molecule has 0 aliphatic carbocycles. The van der Waals surface area contributed by atoms with Crippen LogP contribution in [0.1, 0.15) is 15.9 Å². The van der Waals surface area contributed by atoms with E-state index in [1.165, 1.54) is 14.2 Å². The molecule has 0 atom stereocenters. The molecule has 0 fully saturated rings. The van der Waals surface area contributed by atoms with E-state index in [0.29, 0.717) is 22.8 Å². The molecular formula is C19H24N2O6S. The molecule has 28 heavy (non-hydrogen) atoms. The number of rotatable bonds is 10. The molecule has 2 aromatic carbocycles. The summed E-state index contributed by atoms with van der Waals surface area (Å²) in [6.07, 6.45) is 0. The molecule has 0 aliphatic heterocycles. The van der Waals surface area contributed by atoms with Crippen molar-refractivity contribution in [2.75, 3.05) is 33.6 Å². The quantitative estimate of drug-likeness (QED) is 0.619. The Morgan fingerprint density at radius 2 is 1.46 bits per heavy atom. The lowest BCUT2D eigenvalue weighted by Gasteiger charge is -2.10. The van der Waals surface area contributed by atoms with E-state index in [1.54, 1.807) is 49.6 Å². The third-order valence-electron chi connectivity index (χ3n) is 3.93. The molecule has 0 aromatic heterocycles. The maximum absolute atomic E-state index is 12.3. The summed E-state index contributed by atoms with van der Waals surface area (Å²) in [5.74, 6) is 0.985. The summed E-state index contributed by atoms with van der Waals surface area (Å²) in [7, 11) is 0.986. The van der Waals surface area contributed by atoms with Crippen LogP contribution in [0.2, 0.25) is 0 Å². The van der Waals surface area contributed by atoms with Crippen molar-refractivity contribution < 1.29 is 27.4 Å². The van der Waals surface area contributed by atoms with Gasteiger partial charge in [-0.1, -0.05) is 12.1 Å². The number of methoxy groups -OCH3 is 3. The van der Waals surface area contributed by atoms with Crippen LogP contribution in [-0.2, 0) is 16.6 Å². The Morgan fingerprint density at radius 3 is 2.00 bits per heavy atom. The summed E-state index contributed by atoms with van der Waals surface area (Å²) in [6.45, 7) is 0.129. The van der Waals surface area contributed by atoms with E-state index in [9.17, 15) is 13.2 Å². The van der Waals surface area contributed by atoms with Gasteiger partial charge in [-0.2, -0.15) is 0 Å². The van der Waals surface area contributed by atoms with Crippen molar-refractivity contribution >= 4 is 15.9 Å². The summed E-state index contributed by atoms with van der Waals surface area (Å²) in [5.41, 5.74) is 1.12. The van der Waals surface area contributed by atoms with Crippen LogP contribution in [-0.4, -0.2) is 48.0 Å². The summed E-state index contributed by atoms with van der Waals surface area (Å²) in [4.78, 5) is 12.3. The second-order valence-corrected chi connectivity index (χ2v) is 7.77. The second kappa shape index (κ2) is 9.95. The number of ether oxygens (including phenoxy) is 3. The predicted octanol–water partition coefficient (Wildman–Crippen LogP) is 1.56. The maximum Gasteiger partial charge on any atom is 0.251 e. The topological polar surface area (TPSA) is 103 Å². The highest BCUT2D eigenvalue weighted by Crippen LogP contribution is 2.22. The minimum Gasteiger partial charge on any atom is -0.497 e. The van der Waals surface area contributed by atoms with Gasteiger partial charge in [0.15, 0.2) is 0 Å². The largest absolute Gasteiger partial charge is 0.497 e. The molecule has 152 valence electrons. The Kier molecular flexibility index (Phi) is 7.65. The summed E-state index contributed by atoms with van der Waals surface area (Å²) in [6, 6.07) is 11.8. The number of benzene rings is 2. The molecule has 0 aliphatic rings. The summed E-state index contributed by atoms with van der Waals surface area (Å²) < 4.78 is 42.0. The van der Waals surface area contributed by atoms with Gasteiger partial charge in [0.1, 0.15) is 17.2 Å². The predicted molar refractivity (Wildman–Crippen MR) is 105 cm³/mol. The smallest absolute Gasteiger partial charge is 0.251 e. The van der Waals surface area contributed by atoms with Gasteiger partial charge in [-0.05, 0) is 29.8 Å². The van der Waals surface area contributed by atoms with Crippen molar-refractivity contribution in [2.24, 2.45) is 0 Å². The SMILES string of the molecule is COc1ccc(CNS(=O)(=O)CCNC(=O)c2cc(OC)cc(OC)c2)cc1. The van der Waals surface area contributed by atoms with E-state index in [0.717, 1.165) is 5.56 Å². The molecule has 1 amide bonds. The minimum atomic E-state index is -3.54. The number of carbonyl (C=O) groups is 1. The van der Waals surface area contributed by atoms with Crippen molar-refractivity contribution in [3.63, 3.8) is 0 Å². The fourth-order valence-electron chi connectivity index (χ4n) is 2.35. The number of hydrogen-bond acceptors (Lipinski definition) is 6. The molecule has 2 aromatic rings. The maximum atomic E-state index is 12.3. The first-order chi connectivity index (χ1) is 13.4. The van der Waals surface area contributed by atoms with Gasteiger partial charge in [0.05, 0.1) is 27.1 Å². The first-order valence-corrected chi connectivity index (χ1v) is 10.1. The van der Waals surface area contributed by atoms with Gasteiger partial charge in [0.2, 0.25) is 10.0 Å². The summed E-state index contributed by atoms with van der Waals surface area (Å²) >= 11 is 0. The third kappa shape index (κ3) is 6.43. The van der Waals surface area contributed by atoms with E-state index in [1.807, 2.05) is 0 Å². The minimum absolute atomic E-state index is 0.0314. The van der Waals surface area contributed by atoms with E-state index < -0.39 is 15.9 Å². The molecule has 2 N–H and O–H groups in total. The van der Waals surface area contributed by atoms with Gasteiger partial charge in [-0.15, -0.1) is 0 Å². The molecule has 0 bridgehead atoms. The lowest BCUT2D eigenvalue weighted by molar-refractivity contribution is 0.0955. The van der Waals surface area contributed by atoms with E-state index in [2.05, 4.69) is 10.0 Å². The zero-order valence-electron chi connectivity index (χ0n) is 16.0. The van der Waals surface area contributed by atoms with Crippen LogP contribution < -0.4 is 24.2 Å². The van der Waals surface area contributed by atoms with Crippen molar-refractivity contribution in [2.45, 2.75) is 6.54 Å². The molecule has 0 saturated carbocycles. The van der Waals surface area contributed by atoms with E-state index >= 15 is 0 Å². The molecule has 0 unspecified atom stereocenters. The van der Waals surface area contributed by atoms with Gasteiger partial charge >= 0.3 is 0 Å². The zero-order chi connectivity index (χ0) is 20.6. The van der Waals surface area contributed by atoms with Crippen LogP contribution in [0.5, 0.6) is 17.2 Å². The monoisotopic (exact) mass is 408 g/mol. The molecule has 2 rings (SSSR count). The lowest BCUT2D eigenvalue weighted by atomic mass is 10.2. The van der Waals surface area contributed by atoms with Crippen molar-refractivity contribution in [3.05, 3.63) is 53.6 Å². The van der Waals surface area contributed by atoms with Gasteiger partial charge in [0.25, 0.3) is 5.91 Å². The Balaban J connectivity index is 1.86. The van der Waals surface area contributed by atoms with Crippen LogP contribution in [0.25, 0.3) is 0 Å². The van der Waals surface area contributed by atoms with Crippen LogP contribution in [0.3, 0.4) is 0 Å². The average molecular weight is 408 g/mol. The van der Waals surface area contributed by atoms with Crippen LogP contribution in [0.15, 0.2) is 42.5 Å². The Morgan fingerprint density at radius 1 is 0.893 bits per heavy atom. The molecule has 0 heterocycles. The van der Waals surface area contributed by atoms with Crippen molar-refractivity contribution in [3.8, 4) is 17.2 Å². The number of nitrogens with one attached hydrogen (secondary N) is 2. The van der Waals surface area contributed by atoms with Crippen molar-refractivity contribution in [1.82, 2.24) is 10.0 Å². The second-order valence-electron chi connectivity index (χ2n) is 5.85. The fraction of sp³-hybridized carbons (Fsp3) is 0.316. The van der Waals surface area contributed by atoms with Crippen molar-refractivity contribution in [1.29, 1.82) is 0 Å².